The molecule has 0 radical (unpaired) electrons. The van der Waals surface area contributed by atoms with Crippen molar-refractivity contribution in [1.82, 2.24) is 15.3 Å². The average molecular weight is 399 g/mol. The monoisotopic (exact) mass is 399 g/mol. The van der Waals surface area contributed by atoms with Gasteiger partial charge in [0.05, 0.1) is 17.4 Å². The van der Waals surface area contributed by atoms with E-state index >= 15 is 0 Å². The number of para-hydroxylation sites is 2. The van der Waals surface area contributed by atoms with E-state index in [0.29, 0.717) is 10.6 Å². The standard InChI is InChI=1S/C23H17N3O2S/c1-14-21(29-23(25-14)17-10-6-7-13-24-17)22(27)26-20-15-8-2-4-11-18(15)28-19-12-5-3-9-16(19)20/h2-13,20H,1H3,(H,26,27). The first-order chi connectivity index (χ1) is 14.2. The number of nitrogens with zero attached hydrogens (tertiary/aromatic N) is 2. The van der Waals surface area contributed by atoms with Crippen LogP contribution in [0.25, 0.3) is 10.7 Å². The van der Waals surface area contributed by atoms with Crippen molar-refractivity contribution in [2.75, 3.05) is 0 Å². The van der Waals surface area contributed by atoms with E-state index in [1.807, 2.05) is 73.7 Å². The summed E-state index contributed by atoms with van der Waals surface area (Å²) in [6.45, 7) is 1.85. The third-order valence-electron chi connectivity index (χ3n) is 4.84. The van der Waals surface area contributed by atoms with Gasteiger partial charge in [0, 0.05) is 17.3 Å². The van der Waals surface area contributed by atoms with E-state index in [1.165, 1.54) is 11.3 Å². The fourth-order valence-corrected chi connectivity index (χ4v) is 4.41. The summed E-state index contributed by atoms with van der Waals surface area (Å²) in [7, 11) is 0. The van der Waals surface area contributed by atoms with Crippen molar-refractivity contribution in [3.63, 3.8) is 0 Å². The first kappa shape index (κ1) is 17.6. The van der Waals surface area contributed by atoms with Crippen molar-refractivity contribution >= 4 is 17.2 Å². The molecule has 4 aromatic rings. The summed E-state index contributed by atoms with van der Waals surface area (Å²) < 4.78 is 6.01. The SMILES string of the molecule is Cc1nc(-c2ccccn2)sc1C(=O)NC1c2ccccc2Oc2ccccc21. The van der Waals surface area contributed by atoms with Crippen molar-refractivity contribution in [3.8, 4) is 22.2 Å². The molecule has 6 heteroatoms. The highest BCUT2D eigenvalue weighted by Crippen LogP contribution is 2.42. The predicted molar refractivity (Wildman–Crippen MR) is 112 cm³/mol. The van der Waals surface area contributed by atoms with E-state index in [0.717, 1.165) is 33.3 Å². The quantitative estimate of drug-likeness (QED) is 0.518. The fraction of sp³-hybridized carbons (Fsp3) is 0.0870. The molecule has 0 spiro atoms. The fourth-order valence-electron chi connectivity index (χ4n) is 3.47. The smallest absolute Gasteiger partial charge is 0.264 e. The topological polar surface area (TPSA) is 64.1 Å². The Hall–Kier alpha value is -3.51. The Morgan fingerprint density at radius 3 is 2.28 bits per heavy atom. The van der Waals surface area contributed by atoms with Crippen LogP contribution in [0.1, 0.15) is 32.5 Å². The Morgan fingerprint density at radius 1 is 0.966 bits per heavy atom. The first-order valence-electron chi connectivity index (χ1n) is 9.26. The van der Waals surface area contributed by atoms with Crippen LogP contribution in [-0.4, -0.2) is 15.9 Å². The number of aromatic nitrogens is 2. The van der Waals surface area contributed by atoms with Crippen LogP contribution in [-0.2, 0) is 0 Å². The maximum atomic E-state index is 13.2. The molecule has 29 heavy (non-hydrogen) atoms. The number of thiazole rings is 1. The molecule has 2 aromatic heterocycles. The number of nitrogens with one attached hydrogen (secondary N) is 1. The van der Waals surface area contributed by atoms with Crippen LogP contribution in [0, 0.1) is 6.92 Å². The van der Waals surface area contributed by atoms with Crippen molar-refractivity contribution in [3.05, 3.63) is 94.6 Å². The molecule has 142 valence electrons. The number of rotatable bonds is 3. The highest BCUT2D eigenvalue weighted by molar-refractivity contribution is 7.17. The largest absolute Gasteiger partial charge is 0.457 e. The van der Waals surface area contributed by atoms with Crippen LogP contribution in [0.2, 0.25) is 0 Å². The van der Waals surface area contributed by atoms with Crippen molar-refractivity contribution in [2.45, 2.75) is 13.0 Å². The summed E-state index contributed by atoms with van der Waals surface area (Å²) in [5, 5.41) is 3.92. The molecule has 0 saturated carbocycles. The molecule has 3 heterocycles. The second-order valence-corrected chi connectivity index (χ2v) is 7.73. The summed E-state index contributed by atoms with van der Waals surface area (Å²) >= 11 is 1.35. The second-order valence-electron chi connectivity index (χ2n) is 6.73. The van der Waals surface area contributed by atoms with Gasteiger partial charge < -0.3 is 10.1 Å². The van der Waals surface area contributed by atoms with Gasteiger partial charge in [0.25, 0.3) is 5.91 Å². The van der Waals surface area contributed by atoms with Crippen molar-refractivity contribution in [1.29, 1.82) is 0 Å². The summed E-state index contributed by atoms with van der Waals surface area (Å²) in [5.74, 6) is 1.36. The Morgan fingerprint density at radius 2 is 1.62 bits per heavy atom. The van der Waals surface area contributed by atoms with Gasteiger partial charge in [-0.25, -0.2) is 4.98 Å². The third-order valence-corrected chi connectivity index (χ3v) is 6.02. The van der Waals surface area contributed by atoms with Gasteiger partial charge in [-0.15, -0.1) is 11.3 Å². The zero-order valence-electron chi connectivity index (χ0n) is 15.6. The number of amides is 1. The lowest BCUT2D eigenvalue weighted by atomic mass is 9.94. The maximum Gasteiger partial charge on any atom is 0.264 e. The van der Waals surface area contributed by atoms with Crippen molar-refractivity contribution < 1.29 is 9.53 Å². The van der Waals surface area contributed by atoms with Crippen LogP contribution in [0.3, 0.4) is 0 Å². The molecular weight excluding hydrogens is 382 g/mol. The number of aryl methyl sites for hydroxylation is 1. The van der Waals surface area contributed by atoms with Gasteiger partial charge in [-0.1, -0.05) is 42.5 Å². The molecule has 1 aliphatic heterocycles. The van der Waals surface area contributed by atoms with Gasteiger partial charge >= 0.3 is 0 Å². The number of carbonyl (C=O) groups is 1. The minimum Gasteiger partial charge on any atom is -0.457 e. The zero-order valence-corrected chi connectivity index (χ0v) is 16.4. The van der Waals surface area contributed by atoms with Gasteiger partial charge in [0.2, 0.25) is 0 Å². The molecule has 1 N–H and O–H groups in total. The highest BCUT2D eigenvalue weighted by atomic mass is 32.1. The Bertz CT molecular complexity index is 1160. The molecular formula is C23H17N3O2S. The minimum absolute atomic E-state index is 0.154. The summed E-state index contributed by atoms with van der Waals surface area (Å²) in [6, 6.07) is 20.9. The number of carbonyl (C=O) groups excluding carboxylic acids is 1. The molecule has 1 amide bonds. The van der Waals surface area contributed by atoms with E-state index < -0.39 is 0 Å². The lowest BCUT2D eigenvalue weighted by molar-refractivity contribution is 0.0945. The molecule has 0 unspecified atom stereocenters. The van der Waals surface area contributed by atoms with Gasteiger partial charge in [0.1, 0.15) is 21.4 Å². The summed E-state index contributed by atoms with van der Waals surface area (Å²) in [5.41, 5.74) is 3.33. The van der Waals surface area contributed by atoms with E-state index in [9.17, 15) is 4.79 Å². The molecule has 0 atom stereocenters. The zero-order chi connectivity index (χ0) is 19.8. The van der Waals surface area contributed by atoms with E-state index in [4.69, 9.17) is 4.74 Å². The Kier molecular flexibility index (Phi) is 4.33. The first-order valence-corrected chi connectivity index (χ1v) is 10.1. The summed E-state index contributed by atoms with van der Waals surface area (Å²) in [4.78, 5) is 22.7. The van der Waals surface area contributed by atoms with E-state index in [1.54, 1.807) is 6.20 Å². The molecule has 0 fully saturated rings. The van der Waals surface area contributed by atoms with E-state index in [2.05, 4.69) is 15.3 Å². The van der Waals surface area contributed by atoms with E-state index in [-0.39, 0.29) is 11.9 Å². The van der Waals surface area contributed by atoms with Gasteiger partial charge in [-0.3, -0.25) is 9.78 Å². The molecule has 0 saturated heterocycles. The second kappa shape index (κ2) is 7.14. The molecule has 2 aromatic carbocycles. The normalized spacial score (nSPS) is 12.6. The lowest BCUT2D eigenvalue weighted by Gasteiger charge is -2.28. The maximum absolute atomic E-state index is 13.2. The average Bonchev–Trinajstić information content (AvgIpc) is 3.16. The number of hydrogen-bond acceptors (Lipinski definition) is 5. The van der Waals surface area contributed by atoms with Crippen LogP contribution in [0.4, 0.5) is 0 Å². The molecule has 5 rings (SSSR count). The number of pyridine rings is 1. The van der Waals surface area contributed by atoms with Crippen LogP contribution < -0.4 is 10.1 Å². The molecule has 0 aliphatic carbocycles. The Labute approximate surface area is 172 Å². The van der Waals surface area contributed by atoms with Crippen LogP contribution in [0.5, 0.6) is 11.5 Å². The number of fused-ring (bicyclic) bond motifs is 2. The van der Waals surface area contributed by atoms with Crippen LogP contribution >= 0.6 is 11.3 Å². The molecule has 5 nitrogen and oxygen atoms in total. The Balaban J connectivity index is 1.50. The number of ether oxygens (including phenoxy) is 1. The number of benzene rings is 2. The van der Waals surface area contributed by atoms with Crippen LogP contribution in [0.15, 0.2) is 72.9 Å². The van der Waals surface area contributed by atoms with Crippen molar-refractivity contribution in [2.24, 2.45) is 0 Å². The third kappa shape index (κ3) is 3.17. The van der Waals surface area contributed by atoms with Gasteiger partial charge in [0.15, 0.2) is 0 Å². The lowest BCUT2D eigenvalue weighted by Crippen LogP contribution is -2.31. The number of hydrogen-bond donors (Lipinski definition) is 1. The van der Waals surface area contributed by atoms with Gasteiger partial charge in [-0.05, 0) is 31.2 Å². The van der Waals surface area contributed by atoms with Gasteiger partial charge in [-0.2, -0.15) is 0 Å². The minimum atomic E-state index is -0.288. The summed E-state index contributed by atoms with van der Waals surface area (Å²) in [6.07, 6.45) is 1.72. The predicted octanol–water partition coefficient (Wildman–Crippen LogP) is 5.14. The highest BCUT2D eigenvalue weighted by Gasteiger charge is 2.29. The molecule has 0 bridgehead atoms. The molecule has 1 aliphatic rings.